The summed E-state index contributed by atoms with van der Waals surface area (Å²) in [5, 5.41) is 2.40. The number of carbonyl (C=O) groups excluding carboxylic acids is 2. The highest BCUT2D eigenvalue weighted by Crippen LogP contribution is 2.34. The van der Waals surface area contributed by atoms with Crippen LogP contribution in [0.15, 0.2) is 43.1 Å². The van der Waals surface area contributed by atoms with E-state index < -0.39 is 0 Å². The molecule has 0 aliphatic carbocycles. The molecule has 2 heterocycles. The van der Waals surface area contributed by atoms with Gasteiger partial charge in [0, 0.05) is 23.0 Å². The molecule has 2 amide bonds. The smallest absolute Gasteiger partial charge is 0.259 e. The Morgan fingerprint density at radius 3 is 2.33 bits per heavy atom. The molecule has 0 saturated heterocycles. The van der Waals surface area contributed by atoms with Gasteiger partial charge in [0.05, 0.1) is 11.1 Å². The number of nitrogens with one attached hydrogen (secondary N) is 2. The Morgan fingerprint density at radius 2 is 1.71 bits per heavy atom. The minimum atomic E-state index is -0.385. The lowest BCUT2D eigenvalue weighted by Gasteiger charge is -2.05. The minimum absolute atomic E-state index is 0.373. The fourth-order valence-electron chi connectivity index (χ4n) is 2.89. The maximum absolute atomic E-state index is 12.4. The molecule has 1 aliphatic heterocycles. The van der Waals surface area contributed by atoms with E-state index in [1.165, 1.54) is 0 Å². The molecule has 120 valence electrons. The third kappa shape index (κ3) is 2.52. The Bertz CT molecular complexity index is 896. The summed E-state index contributed by atoms with van der Waals surface area (Å²) in [6.07, 6.45) is 7.24. The monoisotopic (exact) mass is 318 g/mol. The fourth-order valence-corrected chi connectivity index (χ4v) is 2.89. The quantitative estimate of drug-likeness (QED) is 0.847. The van der Waals surface area contributed by atoms with Crippen LogP contribution >= 0.6 is 0 Å². The first-order valence-electron chi connectivity index (χ1n) is 7.70. The maximum atomic E-state index is 12.4. The van der Waals surface area contributed by atoms with Crippen LogP contribution in [0.3, 0.4) is 0 Å². The average molecular weight is 318 g/mol. The van der Waals surface area contributed by atoms with Gasteiger partial charge >= 0.3 is 0 Å². The largest absolute Gasteiger partial charge is 0.361 e. The molecule has 0 fully saturated rings. The SMILES string of the molecule is C=Cc1c(C2=C(c3ccc(C)cc3)C(=O)NC2=O)c[nH]c1/C=C\C. The number of aromatic amines is 1. The van der Waals surface area contributed by atoms with Crippen molar-refractivity contribution in [2.75, 3.05) is 0 Å². The summed E-state index contributed by atoms with van der Waals surface area (Å²) >= 11 is 0. The fraction of sp³-hybridized carbons (Fsp3) is 0.100. The summed E-state index contributed by atoms with van der Waals surface area (Å²) in [7, 11) is 0. The second kappa shape index (κ2) is 6.16. The van der Waals surface area contributed by atoms with E-state index in [0.717, 1.165) is 22.4 Å². The third-order valence-electron chi connectivity index (χ3n) is 4.03. The van der Waals surface area contributed by atoms with Crippen LogP contribution in [0, 0.1) is 6.92 Å². The van der Waals surface area contributed by atoms with Crippen LogP contribution in [-0.4, -0.2) is 16.8 Å². The Kier molecular flexibility index (Phi) is 4.04. The number of H-pyrrole nitrogens is 1. The highest BCUT2D eigenvalue weighted by atomic mass is 16.2. The van der Waals surface area contributed by atoms with E-state index in [4.69, 9.17) is 0 Å². The number of amides is 2. The lowest BCUT2D eigenvalue weighted by molar-refractivity contribution is -0.122. The van der Waals surface area contributed by atoms with E-state index in [1.807, 2.05) is 50.3 Å². The van der Waals surface area contributed by atoms with Gasteiger partial charge in [0.25, 0.3) is 11.8 Å². The molecule has 0 bridgehead atoms. The summed E-state index contributed by atoms with van der Waals surface area (Å²) < 4.78 is 0. The zero-order valence-electron chi connectivity index (χ0n) is 13.6. The standard InChI is InChI=1S/C20H18N2O2/c1-4-6-16-14(5-2)15(11-21-16)18-17(19(23)22-20(18)24)13-9-7-12(3)8-10-13/h4-11,21H,2H2,1,3H3,(H,22,23,24)/b6-4-. The molecule has 0 atom stereocenters. The molecule has 0 unspecified atom stereocenters. The van der Waals surface area contributed by atoms with Crippen molar-refractivity contribution >= 4 is 35.1 Å². The van der Waals surface area contributed by atoms with Crippen LogP contribution in [0.25, 0.3) is 23.3 Å². The number of hydrogen-bond donors (Lipinski definition) is 2. The van der Waals surface area contributed by atoms with Crippen molar-refractivity contribution < 1.29 is 9.59 Å². The van der Waals surface area contributed by atoms with Gasteiger partial charge in [-0.05, 0) is 25.5 Å². The van der Waals surface area contributed by atoms with Crippen molar-refractivity contribution in [3.63, 3.8) is 0 Å². The van der Waals surface area contributed by atoms with Gasteiger partial charge in [-0.3, -0.25) is 14.9 Å². The molecular formula is C20H18N2O2. The molecule has 1 aromatic carbocycles. The van der Waals surface area contributed by atoms with Crippen LogP contribution in [0.5, 0.6) is 0 Å². The van der Waals surface area contributed by atoms with Crippen LogP contribution in [-0.2, 0) is 9.59 Å². The van der Waals surface area contributed by atoms with E-state index in [-0.39, 0.29) is 11.8 Å². The van der Waals surface area contributed by atoms with Crippen LogP contribution < -0.4 is 5.32 Å². The number of carbonyl (C=O) groups is 2. The van der Waals surface area contributed by atoms with Crippen molar-refractivity contribution in [1.82, 2.24) is 10.3 Å². The second-order valence-corrected chi connectivity index (χ2v) is 5.63. The molecule has 2 aromatic rings. The molecule has 4 nitrogen and oxygen atoms in total. The Labute approximate surface area is 140 Å². The highest BCUT2D eigenvalue weighted by Gasteiger charge is 2.33. The average Bonchev–Trinajstić information content (AvgIpc) is 3.08. The third-order valence-corrected chi connectivity index (χ3v) is 4.03. The normalized spacial score (nSPS) is 14.6. The maximum Gasteiger partial charge on any atom is 0.259 e. The van der Waals surface area contributed by atoms with Gasteiger partial charge in [-0.25, -0.2) is 0 Å². The van der Waals surface area contributed by atoms with Crippen molar-refractivity contribution in [1.29, 1.82) is 0 Å². The van der Waals surface area contributed by atoms with Gasteiger partial charge in [0.2, 0.25) is 0 Å². The lowest BCUT2D eigenvalue weighted by Crippen LogP contribution is -2.22. The van der Waals surface area contributed by atoms with Crippen molar-refractivity contribution in [3.05, 3.63) is 71.1 Å². The van der Waals surface area contributed by atoms with Crippen molar-refractivity contribution in [2.24, 2.45) is 0 Å². The molecule has 1 aliphatic rings. The molecule has 3 rings (SSSR count). The van der Waals surface area contributed by atoms with Crippen LogP contribution in [0.1, 0.15) is 34.9 Å². The number of benzene rings is 1. The molecule has 1 aromatic heterocycles. The number of aryl methyl sites for hydroxylation is 1. The first-order valence-corrected chi connectivity index (χ1v) is 7.70. The van der Waals surface area contributed by atoms with Crippen molar-refractivity contribution in [3.8, 4) is 0 Å². The lowest BCUT2D eigenvalue weighted by atomic mass is 9.94. The molecule has 0 radical (unpaired) electrons. The van der Waals surface area contributed by atoms with Crippen LogP contribution in [0.2, 0.25) is 0 Å². The molecule has 24 heavy (non-hydrogen) atoms. The van der Waals surface area contributed by atoms with E-state index in [2.05, 4.69) is 16.9 Å². The van der Waals surface area contributed by atoms with E-state index >= 15 is 0 Å². The summed E-state index contributed by atoms with van der Waals surface area (Å²) in [5.41, 5.74) is 4.93. The van der Waals surface area contributed by atoms with E-state index in [9.17, 15) is 9.59 Å². The molecule has 0 saturated carbocycles. The van der Waals surface area contributed by atoms with Gasteiger partial charge in [-0.2, -0.15) is 0 Å². The first-order chi connectivity index (χ1) is 11.6. The molecule has 4 heteroatoms. The predicted octanol–water partition coefficient (Wildman–Crippen LogP) is 3.57. The van der Waals surface area contributed by atoms with E-state index in [0.29, 0.717) is 16.7 Å². The number of rotatable bonds is 4. The summed E-state index contributed by atoms with van der Waals surface area (Å²) in [4.78, 5) is 27.9. The van der Waals surface area contributed by atoms with Gasteiger partial charge < -0.3 is 4.98 Å². The molecule has 2 N–H and O–H groups in total. The summed E-state index contributed by atoms with van der Waals surface area (Å²) in [5.74, 6) is -0.757. The Balaban J connectivity index is 2.25. The summed E-state index contributed by atoms with van der Waals surface area (Å²) in [6, 6.07) is 7.56. The van der Waals surface area contributed by atoms with Crippen molar-refractivity contribution in [2.45, 2.75) is 13.8 Å². The topological polar surface area (TPSA) is 62.0 Å². The van der Waals surface area contributed by atoms with Crippen LogP contribution in [0.4, 0.5) is 0 Å². The second-order valence-electron chi connectivity index (χ2n) is 5.63. The zero-order chi connectivity index (χ0) is 17.3. The Morgan fingerprint density at radius 1 is 1.04 bits per heavy atom. The van der Waals surface area contributed by atoms with Gasteiger partial charge in [0.1, 0.15) is 0 Å². The van der Waals surface area contributed by atoms with Gasteiger partial charge in [-0.15, -0.1) is 0 Å². The number of hydrogen-bond acceptors (Lipinski definition) is 2. The summed E-state index contributed by atoms with van der Waals surface area (Å²) in [6.45, 7) is 7.73. The van der Waals surface area contributed by atoms with Gasteiger partial charge in [0.15, 0.2) is 0 Å². The van der Waals surface area contributed by atoms with Gasteiger partial charge in [-0.1, -0.05) is 48.6 Å². The number of imide groups is 1. The predicted molar refractivity (Wildman–Crippen MR) is 96.7 cm³/mol. The zero-order valence-corrected chi connectivity index (χ0v) is 13.6. The highest BCUT2D eigenvalue weighted by molar-refractivity contribution is 6.49. The minimum Gasteiger partial charge on any atom is -0.361 e. The number of aromatic nitrogens is 1. The first kappa shape index (κ1) is 15.7. The number of allylic oxidation sites excluding steroid dienone is 1. The molecular weight excluding hydrogens is 300 g/mol. The van der Waals surface area contributed by atoms with E-state index in [1.54, 1.807) is 12.3 Å². The Hall–Kier alpha value is -3.14. The molecule has 0 spiro atoms.